The fourth-order valence-corrected chi connectivity index (χ4v) is 3.40. The van der Waals surface area contributed by atoms with Gasteiger partial charge in [-0.1, -0.05) is 36.9 Å². The number of benzene rings is 1. The molecule has 0 heterocycles. The molecule has 0 aliphatic heterocycles. The van der Waals surface area contributed by atoms with E-state index in [1.54, 1.807) is 7.11 Å². The van der Waals surface area contributed by atoms with Crippen molar-refractivity contribution in [2.75, 3.05) is 7.11 Å². The van der Waals surface area contributed by atoms with Crippen molar-refractivity contribution in [1.29, 1.82) is 0 Å². The van der Waals surface area contributed by atoms with Crippen molar-refractivity contribution in [3.63, 3.8) is 0 Å². The summed E-state index contributed by atoms with van der Waals surface area (Å²) in [5.41, 5.74) is 9.72. The summed E-state index contributed by atoms with van der Waals surface area (Å²) in [6.45, 7) is 4.11. The number of halogens is 1. The molecule has 0 atom stereocenters. The van der Waals surface area contributed by atoms with E-state index >= 15 is 0 Å². The number of hydrogen-bond acceptors (Lipinski definition) is 2. The summed E-state index contributed by atoms with van der Waals surface area (Å²) < 4.78 is 5.54. The van der Waals surface area contributed by atoms with Crippen molar-refractivity contribution in [3.05, 3.63) is 27.8 Å². The number of nitrogens with two attached hydrogens (primary N) is 1. The molecule has 1 aromatic rings. The van der Waals surface area contributed by atoms with Gasteiger partial charge in [-0.25, -0.2) is 0 Å². The molecule has 2 N–H and O–H groups in total. The van der Waals surface area contributed by atoms with E-state index in [0.717, 1.165) is 29.7 Å². The number of aryl methyl sites for hydroxylation is 2. The molecule has 0 bridgehead atoms. The van der Waals surface area contributed by atoms with E-state index in [0.29, 0.717) is 5.02 Å². The molecule has 1 fully saturated rings. The number of rotatable bonds is 2. The molecule has 2 nitrogen and oxygen atoms in total. The van der Waals surface area contributed by atoms with Gasteiger partial charge in [0.15, 0.2) is 0 Å². The van der Waals surface area contributed by atoms with Crippen LogP contribution < -0.4 is 10.5 Å². The third-order valence-electron chi connectivity index (χ3n) is 4.05. The molecule has 0 amide bonds. The zero-order valence-corrected chi connectivity index (χ0v) is 12.2. The molecule has 1 aliphatic carbocycles. The minimum atomic E-state index is -0.273. The normalized spacial score (nSPS) is 18.7. The Balaban J connectivity index is 2.58. The van der Waals surface area contributed by atoms with E-state index < -0.39 is 0 Å². The first-order valence-electron chi connectivity index (χ1n) is 6.62. The topological polar surface area (TPSA) is 35.2 Å². The Labute approximate surface area is 114 Å². The van der Waals surface area contributed by atoms with Crippen LogP contribution in [0.5, 0.6) is 5.75 Å². The lowest BCUT2D eigenvalue weighted by Gasteiger charge is -2.36. The van der Waals surface area contributed by atoms with Crippen molar-refractivity contribution in [1.82, 2.24) is 0 Å². The van der Waals surface area contributed by atoms with Gasteiger partial charge in [-0.05, 0) is 37.8 Å². The van der Waals surface area contributed by atoms with Gasteiger partial charge < -0.3 is 10.5 Å². The lowest BCUT2D eigenvalue weighted by atomic mass is 9.75. The van der Waals surface area contributed by atoms with Crippen LogP contribution in [0, 0.1) is 13.8 Å². The fourth-order valence-electron chi connectivity index (χ4n) is 3.17. The van der Waals surface area contributed by atoms with Crippen molar-refractivity contribution in [2.24, 2.45) is 5.73 Å². The van der Waals surface area contributed by atoms with Crippen LogP contribution in [0.25, 0.3) is 0 Å². The van der Waals surface area contributed by atoms with Gasteiger partial charge in [-0.3, -0.25) is 0 Å². The fraction of sp³-hybridized carbons (Fsp3) is 0.600. The molecule has 2 rings (SSSR count). The summed E-state index contributed by atoms with van der Waals surface area (Å²) in [7, 11) is 1.68. The largest absolute Gasteiger partial charge is 0.495 e. The van der Waals surface area contributed by atoms with Crippen LogP contribution in [0.1, 0.15) is 48.8 Å². The Morgan fingerprint density at radius 3 is 2.33 bits per heavy atom. The molecule has 3 heteroatoms. The predicted octanol–water partition coefficient (Wildman–Crippen LogP) is 4.08. The van der Waals surface area contributed by atoms with Crippen LogP contribution in [0.3, 0.4) is 0 Å². The molecule has 1 aromatic carbocycles. The smallest absolute Gasteiger partial charge is 0.143 e. The molecule has 100 valence electrons. The standard InChI is InChI=1S/C15H22ClNO/c1-10-9-11(2)13(16)14(18-3)12(10)15(17)7-5-4-6-8-15/h9H,4-8,17H2,1-3H3. The zero-order chi connectivity index (χ0) is 13.3. The summed E-state index contributed by atoms with van der Waals surface area (Å²) in [6.07, 6.45) is 5.68. The molecule has 1 aliphatic rings. The molecule has 0 radical (unpaired) electrons. The summed E-state index contributed by atoms with van der Waals surface area (Å²) in [5, 5.41) is 0.702. The Kier molecular flexibility index (Phi) is 3.88. The maximum Gasteiger partial charge on any atom is 0.143 e. The maximum absolute atomic E-state index is 6.64. The highest BCUT2D eigenvalue weighted by Gasteiger charge is 2.34. The Bertz CT molecular complexity index is 450. The van der Waals surface area contributed by atoms with E-state index in [1.807, 2.05) is 6.92 Å². The quantitative estimate of drug-likeness (QED) is 0.876. The van der Waals surface area contributed by atoms with Gasteiger partial charge in [0.2, 0.25) is 0 Å². The SMILES string of the molecule is COc1c(Cl)c(C)cc(C)c1C1(N)CCCCC1. The van der Waals surface area contributed by atoms with Gasteiger partial charge in [0.05, 0.1) is 12.1 Å². The number of methoxy groups -OCH3 is 1. The molecule has 0 saturated heterocycles. The molecule has 18 heavy (non-hydrogen) atoms. The van der Waals surface area contributed by atoms with E-state index in [9.17, 15) is 0 Å². The van der Waals surface area contributed by atoms with Gasteiger partial charge in [-0.15, -0.1) is 0 Å². The monoisotopic (exact) mass is 267 g/mol. The second-order valence-corrected chi connectivity index (χ2v) is 5.83. The van der Waals surface area contributed by atoms with Crippen LogP contribution in [0.4, 0.5) is 0 Å². The van der Waals surface area contributed by atoms with E-state index in [-0.39, 0.29) is 5.54 Å². The third-order valence-corrected chi connectivity index (χ3v) is 4.52. The minimum Gasteiger partial charge on any atom is -0.495 e. The van der Waals surface area contributed by atoms with E-state index in [2.05, 4.69) is 13.0 Å². The highest BCUT2D eigenvalue weighted by atomic mass is 35.5. The van der Waals surface area contributed by atoms with Crippen LogP contribution in [-0.2, 0) is 5.54 Å². The Morgan fingerprint density at radius 2 is 1.78 bits per heavy atom. The van der Waals surface area contributed by atoms with Gasteiger partial charge in [0.1, 0.15) is 5.75 Å². The molecule has 0 spiro atoms. The summed E-state index contributed by atoms with van der Waals surface area (Å²) >= 11 is 6.37. The molecule has 0 aromatic heterocycles. The second-order valence-electron chi connectivity index (χ2n) is 5.45. The number of ether oxygens (including phenoxy) is 1. The van der Waals surface area contributed by atoms with Crippen LogP contribution >= 0.6 is 11.6 Å². The van der Waals surface area contributed by atoms with Crippen LogP contribution in [0.2, 0.25) is 5.02 Å². The van der Waals surface area contributed by atoms with E-state index in [1.165, 1.54) is 24.8 Å². The maximum atomic E-state index is 6.64. The minimum absolute atomic E-state index is 0.273. The van der Waals surface area contributed by atoms with Crippen LogP contribution in [0.15, 0.2) is 6.07 Å². The van der Waals surface area contributed by atoms with Gasteiger partial charge >= 0.3 is 0 Å². The van der Waals surface area contributed by atoms with Crippen molar-refractivity contribution < 1.29 is 4.74 Å². The number of hydrogen-bond donors (Lipinski definition) is 1. The zero-order valence-electron chi connectivity index (χ0n) is 11.5. The molecular formula is C15H22ClNO. The van der Waals surface area contributed by atoms with Gasteiger partial charge in [-0.2, -0.15) is 0 Å². The van der Waals surface area contributed by atoms with E-state index in [4.69, 9.17) is 22.1 Å². The highest BCUT2D eigenvalue weighted by Crippen LogP contribution is 2.44. The summed E-state index contributed by atoms with van der Waals surface area (Å²) in [6, 6.07) is 2.11. The van der Waals surface area contributed by atoms with Crippen molar-refractivity contribution >= 4 is 11.6 Å². The molecule has 0 unspecified atom stereocenters. The lowest BCUT2D eigenvalue weighted by molar-refractivity contribution is 0.287. The van der Waals surface area contributed by atoms with Gasteiger partial charge in [0, 0.05) is 11.1 Å². The Hall–Kier alpha value is -0.730. The summed E-state index contributed by atoms with van der Waals surface area (Å²) in [4.78, 5) is 0. The van der Waals surface area contributed by atoms with Crippen LogP contribution in [-0.4, -0.2) is 7.11 Å². The summed E-state index contributed by atoms with van der Waals surface area (Å²) in [5.74, 6) is 0.776. The Morgan fingerprint density at radius 1 is 1.17 bits per heavy atom. The highest BCUT2D eigenvalue weighted by molar-refractivity contribution is 6.33. The average molecular weight is 268 g/mol. The molecular weight excluding hydrogens is 246 g/mol. The first kappa shape index (κ1) is 13.7. The molecule has 1 saturated carbocycles. The predicted molar refractivity (Wildman–Crippen MR) is 76.4 cm³/mol. The van der Waals surface area contributed by atoms with Crippen molar-refractivity contribution in [2.45, 2.75) is 51.5 Å². The van der Waals surface area contributed by atoms with Gasteiger partial charge in [0.25, 0.3) is 0 Å². The first-order valence-corrected chi connectivity index (χ1v) is 7.00. The third kappa shape index (κ3) is 2.24. The lowest BCUT2D eigenvalue weighted by Crippen LogP contribution is -2.39. The first-order chi connectivity index (χ1) is 8.49. The second kappa shape index (κ2) is 5.10. The van der Waals surface area contributed by atoms with Crippen molar-refractivity contribution in [3.8, 4) is 5.75 Å². The average Bonchev–Trinajstić information content (AvgIpc) is 2.34.